The third-order valence-electron chi connectivity index (χ3n) is 7.46. The Bertz CT molecular complexity index is 1180. The quantitative estimate of drug-likeness (QED) is 0.550. The summed E-state index contributed by atoms with van der Waals surface area (Å²) in [7, 11) is 0. The van der Waals surface area contributed by atoms with E-state index in [0.717, 1.165) is 16.7 Å². The van der Waals surface area contributed by atoms with Crippen LogP contribution in [0.4, 0.5) is 0 Å². The lowest BCUT2D eigenvalue weighted by Crippen LogP contribution is -2.65. The number of carbonyl (C=O) groups is 3. The van der Waals surface area contributed by atoms with E-state index in [1.54, 1.807) is 4.90 Å². The Kier molecular flexibility index (Phi) is 6.85. The first-order valence-corrected chi connectivity index (χ1v) is 12.5. The minimum Gasteiger partial charge on any atom is -0.480 e. The van der Waals surface area contributed by atoms with Crippen LogP contribution in [-0.2, 0) is 20.8 Å². The van der Waals surface area contributed by atoms with Crippen LogP contribution >= 0.6 is 0 Å². The number of aryl methyl sites for hydroxylation is 1. The van der Waals surface area contributed by atoms with E-state index in [1.165, 1.54) is 4.90 Å². The third kappa shape index (κ3) is 4.63. The van der Waals surface area contributed by atoms with Crippen molar-refractivity contribution in [3.05, 3.63) is 108 Å². The number of piperazine rings is 1. The van der Waals surface area contributed by atoms with Gasteiger partial charge in [-0.2, -0.15) is 0 Å². The van der Waals surface area contributed by atoms with Gasteiger partial charge in [0.2, 0.25) is 11.8 Å². The number of hydrogen-bond donors (Lipinski definition) is 1. The Morgan fingerprint density at radius 2 is 1.36 bits per heavy atom. The fourth-order valence-electron chi connectivity index (χ4n) is 5.82. The topological polar surface area (TPSA) is 77.9 Å². The summed E-state index contributed by atoms with van der Waals surface area (Å²) in [6, 6.07) is 27.1. The number of aliphatic carboxylic acids is 1. The molecule has 5 rings (SSSR count). The van der Waals surface area contributed by atoms with Crippen molar-refractivity contribution >= 4 is 17.8 Å². The summed E-state index contributed by atoms with van der Waals surface area (Å²) in [6.07, 6.45) is 2.23. The van der Waals surface area contributed by atoms with Gasteiger partial charge in [-0.05, 0) is 36.0 Å². The average Bonchev–Trinajstić information content (AvgIpc) is 3.21. The van der Waals surface area contributed by atoms with Crippen molar-refractivity contribution in [2.45, 2.75) is 49.7 Å². The molecule has 36 heavy (non-hydrogen) atoms. The SMILES string of the molecule is O=C(O)[C@@H]1[C@H]2CCC(CN1C(=O)C(c1ccccc1)c1ccccc1)N2C(=O)CCc1ccccc1. The van der Waals surface area contributed by atoms with E-state index in [9.17, 15) is 19.5 Å². The molecule has 0 aliphatic carbocycles. The van der Waals surface area contributed by atoms with Gasteiger partial charge < -0.3 is 14.9 Å². The Morgan fingerprint density at radius 1 is 0.806 bits per heavy atom. The zero-order chi connectivity index (χ0) is 25.1. The molecule has 1 unspecified atom stereocenters. The highest BCUT2D eigenvalue weighted by molar-refractivity contribution is 5.92. The molecule has 1 N–H and O–H groups in total. The summed E-state index contributed by atoms with van der Waals surface area (Å²) in [5.74, 6) is -1.93. The molecule has 184 valence electrons. The number of hydrogen-bond acceptors (Lipinski definition) is 3. The van der Waals surface area contributed by atoms with Crippen molar-refractivity contribution in [1.29, 1.82) is 0 Å². The van der Waals surface area contributed by atoms with E-state index in [2.05, 4.69) is 0 Å². The molecule has 2 bridgehead atoms. The van der Waals surface area contributed by atoms with Crippen LogP contribution in [0.1, 0.15) is 41.9 Å². The van der Waals surface area contributed by atoms with E-state index >= 15 is 0 Å². The lowest BCUT2D eigenvalue weighted by atomic mass is 9.88. The molecule has 0 saturated carbocycles. The summed E-state index contributed by atoms with van der Waals surface area (Å²) in [5, 5.41) is 10.3. The van der Waals surface area contributed by atoms with Gasteiger partial charge in [0.25, 0.3) is 0 Å². The highest BCUT2D eigenvalue weighted by Crippen LogP contribution is 2.38. The van der Waals surface area contributed by atoms with E-state index in [1.807, 2.05) is 91.0 Å². The molecule has 2 fully saturated rings. The molecule has 3 aromatic rings. The number of carbonyl (C=O) groups excluding carboxylic acids is 2. The van der Waals surface area contributed by atoms with Crippen LogP contribution in [0.25, 0.3) is 0 Å². The first-order chi connectivity index (χ1) is 17.5. The maximum absolute atomic E-state index is 14.1. The van der Waals surface area contributed by atoms with Gasteiger partial charge in [-0.1, -0.05) is 91.0 Å². The van der Waals surface area contributed by atoms with Gasteiger partial charge in [0.1, 0.15) is 6.04 Å². The van der Waals surface area contributed by atoms with Crippen molar-refractivity contribution < 1.29 is 19.5 Å². The highest BCUT2D eigenvalue weighted by atomic mass is 16.4. The van der Waals surface area contributed by atoms with Crippen molar-refractivity contribution in [3.8, 4) is 0 Å². The van der Waals surface area contributed by atoms with Crippen LogP contribution in [0.2, 0.25) is 0 Å². The minimum atomic E-state index is -1.06. The summed E-state index contributed by atoms with van der Waals surface area (Å²) in [6.45, 7) is 0.236. The molecule has 2 heterocycles. The zero-order valence-corrected chi connectivity index (χ0v) is 20.1. The number of nitrogens with zero attached hydrogens (tertiary/aromatic N) is 2. The normalized spacial score (nSPS) is 21.0. The summed E-state index contributed by atoms with van der Waals surface area (Å²) < 4.78 is 0. The molecule has 2 aliphatic heterocycles. The standard InChI is InChI=1S/C30H30N2O4/c33-26(19-16-21-10-4-1-5-11-21)32-24-17-18-25(32)28(30(35)36)31(20-24)29(34)27(22-12-6-2-7-13-22)23-14-8-3-9-15-23/h1-15,24-25,27-28H,16-20H2,(H,35,36)/t24?,25-,28+/m1/s1. The number of amides is 2. The largest absolute Gasteiger partial charge is 0.480 e. The number of likely N-dealkylation sites (tertiary alicyclic amines) is 1. The molecule has 2 amide bonds. The Labute approximate surface area is 211 Å². The molecular formula is C30H30N2O4. The van der Waals surface area contributed by atoms with E-state index in [-0.39, 0.29) is 24.4 Å². The molecule has 2 saturated heterocycles. The van der Waals surface area contributed by atoms with Gasteiger partial charge in [0.05, 0.1) is 12.0 Å². The summed E-state index contributed by atoms with van der Waals surface area (Å²) >= 11 is 0. The number of benzene rings is 3. The number of fused-ring (bicyclic) bond motifs is 2. The molecule has 3 atom stereocenters. The van der Waals surface area contributed by atoms with Crippen LogP contribution in [0, 0.1) is 0 Å². The molecule has 2 aliphatic rings. The van der Waals surface area contributed by atoms with Crippen molar-refractivity contribution in [2.24, 2.45) is 0 Å². The lowest BCUT2D eigenvalue weighted by molar-refractivity contribution is -0.161. The first kappa shape index (κ1) is 23.8. The second-order valence-electron chi connectivity index (χ2n) is 9.61. The first-order valence-electron chi connectivity index (χ1n) is 12.5. The Hall–Kier alpha value is -3.93. The second-order valence-corrected chi connectivity index (χ2v) is 9.61. The molecule has 0 spiro atoms. The van der Waals surface area contributed by atoms with Crippen molar-refractivity contribution in [2.75, 3.05) is 6.54 Å². The van der Waals surface area contributed by atoms with E-state index < -0.39 is 24.0 Å². The van der Waals surface area contributed by atoms with Gasteiger partial charge in [-0.25, -0.2) is 4.79 Å². The summed E-state index contributed by atoms with van der Waals surface area (Å²) in [4.78, 5) is 43.2. The molecule has 6 heteroatoms. The fraction of sp³-hybridized carbons (Fsp3) is 0.300. The number of carboxylic acids is 1. The van der Waals surface area contributed by atoms with Gasteiger partial charge in [0.15, 0.2) is 0 Å². The molecule has 6 nitrogen and oxygen atoms in total. The van der Waals surface area contributed by atoms with Gasteiger partial charge >= 0.3 is 5.97 Å². The smallest absolute Gasteiger partial charge is 0.328 e. The maximum Gasteiger partial charge on any atom is 0.328 e. The third-order valence-corrected chi connectivity index (χ3v) is 7.46. The van der Waals surface area contributed by atoms with Crippen LogP contribution in [0.15, 0.2) is 91.0 Å². The molecule has 0 radical (unpaired) electrons. The van der Waals surface area contributed by atoms with Crippen LogP contribution in [0.3, 0.4) is 0 Å². The predicted octanol–water partition coefficient (Wildman–Crippen LogP) is 4.11. The molecular weight excluding hydrogens is 452 g/mol. The van der Waals surface area contributed by atoms with Crippen molar-refractivity contribution in [3.63, 3.8) is 0 Å². The van der Waals surface area contributed by atoms with Gasteiger partial charge in [0, 0.05) is 19.0 Å². The van der Waals surface area contributed by atoms with E-state index in [0.29, 0.717) is 25.7 Å². The number of rotatable bonds is 7. The zero-order valence-electron chi connectivity index (χ0n) is 20.1. The highest BCUT2D eigenvalue weighted by Gasteiger charge is 2.53. The Morgan fingerprint density at radius 3 is 1.92 bits per heavy atom. The van der Waals surface area contributed by atoms with Crippen LogP contribution in [-0.4, -0.2) is 57.4 Å². The van der Waals surface area contributed by atoms with Crippen LogP contribution in [0.5, 0.6) is 0 Å². The van der Waals surface area contributed by atoms with Gasteiger partial charge in [-0.3, -0.25) is 9.59 Å². The number of carboxylic acid groups (broad SMARTS) is 1. The Balaban J connectivity index is 1.41. The van der Waals surface area contributed by atoms with Gasteiger partial charge in [-0.15, -0.1) is 0 Å². The van der Waals surface area contributed by atoms with E-state index in [4.69, 9.17) is 0 Å². The monoisotopic (exact) mass is 482 g/mol. The molecule has 3 aromatic carbocycles. The minimum absolute atomic E-state index is 0.0348. The fourth-order valence-corrected chi connectivity index (χ4v) is 5.82. The summed E-state index contributed by atoms with van der Waals surface area (Å²) in [5.41, 5.74) is 2.73. The lowest BCUT2D eigenvalue weighted by Gasteiger charge is -2.46. The second kappa shape index (κ2) is 10.4. The predicted molar refractivity (Wildman–Crippen MR) is 136 cm³/mol. The van der Waals surface area contributed by atoms with Crippen LogP contribution < -0.4 is 0 Å². The average molecular weight is 483 g/mol. The molecule has 0 aromatic heterocycles. The van der Waals surface area contributed by atoms with Crippen molar-refractivity contribution in [1.82, 2.24) is 9.80 Å². The maximum atomic E-state index is 14.1.